The maximum atomic E-state index is 13.4. The first-order chi connectivity index (χ1) is 14.9. The zero-order valence-electron chi connectivity index (χ0n) is 17.4. The number of carbonyl (C=O) groups is 2. The van der Waals surface area contributed by atoms with Crippen molar-refractivity contribution in [3.05, 3.63) is 94.9 Å². The molecular formula is C25H21FN2O3. The van der Waals surface area contributed by atoms with Gasteiger partial charge >= 0.3 is 0 Å². The number of nitrogens with zero attached hydrogens (tertiary/aromatic N) is 1. The monoisotopic (exact) mass is 416 g/mol. The number of anilines is 2. The summed E-state index contributed by atoms with van der Waals surface area (Å²) in [5, 5.41) is 3.12. The lowest BCUT2D eigenvalue weighted by molar-refractivity contribution is -0.120. The molecule has 0 bridgehead atoms. The van der Waals surface area contributed by atoms with Crippen molar-refractivity contribution in [2.75, 3.05) is 17.3 Å². The van der Waals surface area contributed by atoms with Crippen LogP contribution in [0.4, 0.5) is 15.8 Å². The van der Waals surface area contributed by atoms with E-state index in [1.54, 1.807) is 18.2 Å². The number of hydrogen-bond acceptors (Lipinski definition) is 4. The fourth-order valence-corrected chi connectivity index (χ4v) is 3.51. The molecule has 0 aromatic heterocycles. The molecule has 1 N–H and O–H groups in total. The number of hydrogen-bond donors (Lipinski definition) is 1. The van der Waals surface area contributed by atoms with Crippen molar-refractivity contribution in [1.82, 2.24) is 0 Å². The van der Waals surface area contributed by atoms with Gasteiger partial charge in [-0.15, -0.1) is 0 Å². The van der Waals surface area contributed by atoms with Crippen molar-refractivity contribution in [3.8, 4) is 5.75 Å². The molecule has 4 rings (SSSR count). The summed E-state index contributed by atoms with van der Waals surface area (Å²) in [6, 6.07) is 18.2. The maximum Gasteiger partial charge on any atom is 0.282 e. The third kappa shape index (κ3) is 3.80. The number of rotatable bonds is 5. The van der Waals surface area contributed by atoms with Crippen LogP contribution >= 0.6 is 0 Å². The molecule has 0 saturated heterocycles. The average Bonchev–Trinajstić information content (AvgIpc) is 2.99. The summed E-state index contributed by atoms with van der Waals surface area (Å²) in [4.78, 5) is 27.8. The van der Waals surface area contributed by atoms with Crippen LogP contribution in [0.15, 0.2) is 72.4 Å². The third-order valence-corrected chi connectivity index (χ3v) is 5.12. The Morgan fingerprint density at radius 1 is 0.839 bits per heavy atom. The Hall–Kier alpha value is -3.93. The number of ether oxygens (including phenoxy) is 1. The van der Waals surface area contributed by atoms with E-state index in [-0.39, 0.29) is 11.3 Å². The minimum Gasteiger partial charge on any atom is -0.495 e. The Balaban J connectivity index is 1.85. The predicted octanol–water partition coefficient (Wildman–Crippen LogP) is 4.85. The Morgan fingerprint density at radius 3 is 2.13 bits per heavy atom. The van der Waals surface area contributed by atoms with Gasteiger partial charge in [0.15, 0.2) is 0 Å². The highest BCUT2D eigenvalue weighted by atomic mass is 19.1. The molecule has 0 spiro atoms. The molecule has 0 fully saturated rings. The highest BCUT2D eigenvalue weighted by Crippen LogP contribution is 2.36. The van der Waals surface area contributed by atoms with Gasteiger partial charge in [-0.05, 0) is 61.4 Å². The zero-order chi connectivity index (χ0) is 22.1. The van der Waals surface area contributed by atoms with E-state index in [9.17, 15) is 14.0 Å². The second-order valence-electron chi connectivity index (χ2n) is 7.37. The normalized spacial score (nSPS) is 13.7. The second kappa shape index (κ2) is 8.07. The zero-order valence-corrected chi connectivity index (χ0v) is 17.4. The van der Waals surface area contributed by atoms with Gasteiger partial charge in [0.05, 0.1) is 24.1 Å². The summed E-state index contributed by atoms with van der Waals surface area (Å²) in [6.45, 7) is 3.87. The van der Waals surface area contributed by atoms with Crippen LogP contribution < -0.4 is 15.0 Å². The van der Waals surface area contributed by atoms with Crippen molar-refractivity contribution in [1.29, 1.82) is 0 Å². The molecule has 3 aromatic carbocycles. The first kappa shape index (κ1) is 20.3. The van der Waals surface area contributed by atoms with E-state index < -0.39 is 17.6 Å². The molecule has 1 aliphatic rings. The number of imide groups is 1. The van der Waals surface area contributed by atoms with Gasteiger partial charge in [-0.2, -0.15) is 0 Å². The smallest absolute Gasteiger partial charge is 0.282 e. The van der Waals surface area contributed by atoms with Crippen molar-refractivity contribution in [2.24, 2.45) is 0 Å². The predicted molar refractivity (Wildman–Crippen MR) is 118 cm³/mol. The van der Waals surface area contributed by atoms with E-state index in [1.165, 1.54) is 31.4 Å². The lowest BCUT2D eigenvalue weighted by Gasteiger charge is -2.16. The second-order valence-corrected chi connectivity index (χ2v) is 7.37. The van der Waals surface area contributed by atoms with E-state index in [1.807, 2.05) is 38.1 Å². The van der Waals surface area contributed by atoms with Gasteiger partial charge in [0, 0.05) is 0 Å². The Kier molecular flexibility index (Phi) is 5.29. The summed E-state index contributed by atoms with van der Waals surface area (Å²) < 4.78 is 18.8. The number of nitrogens with one attached hydrogen (secondary N) is 1. The SMILES string of the molecule is COc1ccc(C)cc1NC1=C(c2ccc(C)cc2)C(=O)N(c2ccc(F)cc2)C1=O. The number of amides is 2. The first-order valence-electron chi connectivity index (χ1n) is 9.76. The number of aryl methyl sites for hydroxylation is 2. The summed E-state index contributed by atoms with van der Waals surface area (Å²) in [5.74, 6) is -0.899. The maximum absolute atomic E-state index is 13.4. The summed E-state index contributed by atoms with van der Waals surface area (Å²) in [7, 11) is 1.54. The summed E-state index contributed by atoms with van der Waals surface area (Å²) >= 11 is 0. The van der Waals surface area contributed by atoms with E-state index in [0.717, 1.165) is 16.0 Å². The standard InChI is InChI=1S/C25H21FN2O3/c1-15-4-7-17(8-5-15)22-23(27-20-14-16(2)6-13-21(20)31-3)25(30)28(24(22)29)19-11-9-18(26)10-12-19/h4-14,27H,1-3H3. The lowest BCUT2D eigenvalue weighted by atomic mass is 10.0. The third-order valence-electron chi connectivity index (χ3n) is 5.12. The Morgan fingerprint density at radius 2 is 1.48 bits per heavy atom. The van der Waals surface area contributed by atoms with Crippen LogP contribution in [0, 0.1) is 19.7 Å². The van der Waals surface area contributed by atoms with Crippen molar-refractivity contribution in [3.63, 3.8) is 0 Å². The molecule has 31 heavy (non-hydrogen) atoms. The Bertz CT molecular complexity index is 1200. The van der Waals surface area contributed by atoms with Crippen LogP contribution in [0.1, 0.15) is 16.7 Å². The van der Waals surface area contributed by atoms with Crippen molar-refractivity contribution in [2.45, 2.75) is 13.8 Å². The highest BCUT2D eigenvalue weighted by molar-refractivity contribution is 6.46. The van der Waals surface area contributed by atoms with E-state index >= 15 is 0 Å². The van der Waals surface area contributed by atoms with Crippen LogP contribution in [0.3, 0.4) is 0 Å². The molecule has 0 saturated carbocycles. The number of halogens is 1. The largest absolute Gasteiger partial charge is 0.495 e. The van der Waals surface area contributed by atoms with Gasteiger partial charge in [0.2, 0.25) is 0 Å². The van der Waals surface area contributed by atoms with E-state index in [0.29, 0.717) is 22.7 Å². The number of carbonyl (C=O) groups excluding carboxylic acids is 2. The minimum atomic E-state index is -0.518. The molecule has 0 aliphatic carbocycles. The molecule has 156 valence electrons. The van der Waals surface area contributed by atoms with Gasteiger partial charge in [0.1, 0.15) is 17.3 Å². The molecule has 1 aliphatic heterocycles. The van der Waals surface area contributed by atoms with Gasteiger partial charge < -0.3 is 10.1 Å². The summed E-state index contributed by atoms with van der Waals surface area (Å²) in [5.41, 5.74) is 3.88. The molecule has 2 amide bonds. The highest BCUT2D eigenvalue weighted by Gasteiger charge is 2.40. The topological polar surface area (TPSA) is 58.6 Å². The van der Waals surface area contributed by atoms with Crippen LogP contribution in [0.5, 0.6) is 5.75 Å². The van der Waals surface area contributed by atoms with E-state index in [2.05, 4.69) is 5.32 Å². The summed E-state index contributed by atoms with van der Waals surface area (Å²) in [6.07, 6.45) is 0. The van der Waals surface area contributed by atoms with Crippen LogP contribution in [0.2, 0.25) is 0 Å². The molecule has 0 atom stereocenters. The average molecular weight is 416 g/mol. The minimum absolute atomic E-state index is 0.141. The lowest BCUT2D eigenvalue weighted by Crippen LogP contribution is -2.32. The van der Waals surface area contributed by atoms with Crippen LogP contribution in [-0.2, 0) is 9.59 Å². The van der Waals surface area contributed by atoms with Crippen LogP contribution in [-0.4, -0.2) is 18.9 Å². The molecule has 0 radical (unpaired) electrons. The van der Waals surface area contributed by atoms with Gasteiger partial charge in [-0.1, -0.05) is 35.9 Å². The molecule has 3 aromatic rings. The Labute approximate surface area is 179 Å². The molecule has 6 heteroatoms. The van der Waals surface area contributed by atoms with E-state index in [4.69, 9.17) is 4.74 Å². The fourth-order valence-electron chi connectivity index (χ4n) is 3.51. The van der Waals surface area contributed by atoms with Gasteiger partial charge in [-0.3, -0.25) is 9.59 Å². The van der Waals surface area contributed by atoms with Gasteiger partial charge in [-0.25, -0.2) is 9.29 Å². The first-order valence-corrected chi connectivity index (χ1v) is 9.76. The van der Waals surface area contributed by atoms with Gasteiger partial charge in [0.25, 0.3) is 11.8 Å². The number of methoxy groups -OCH3 is 1. The van der Waals surface area contributed by atoms with Crippen molar-refractivity contribution < 1.29 is 18.7 Å². The van der Waals surface area contributed by atoms with Crippen molar-refractivity contribution >= 4 is 28.8 Å². The molecule has 5 nitrogen and oxygen atoms in total. The quantitative estimate of drug-likeness (QED) is 0.604. The molecular weight excluding hydrogens is 395 g/mol. The fraction of sp³-hybridized carbons (Fsp3) is 0.120. The molecule has 1 heterocycles. The number of benzene rings is 3. The molecule has 0 unspecified atom stereocenters. The van der Waals surface area contributed by atoms with Crippen LogP contribution in [0.25, 0.3) is 5.57 Å².